The van der Waals surface area contributed by atoms with E-state index in [2.05, 4.69) is 63.0 Å². The largest absolute Gasteiger partial charge is 0.305 e. The van der Waals surface area contributed by atoms with Crippen molar-refractivity contribution in [3.05, 3.63) is 49.6 Å². The van der Waals surface area contributed by atoms with Crippen LogP contribution in [0.15, 0.2) is 33.3 Å². The van der Waals surface area contributed by atoms with Crippen molar-refractivity contribution in [2.45, 2.75) is 32.9 Å². The summed E-state index contributed by atoms with van der Waals surface area (Å²) in [5, 5.41) is 8.71. The van der Waals surface area contributed by atoms with Gasteiger partial charge in [0, 0.05) is 15.5 Å². The van der Waals surface area contributed by atoms with Crippen LogP contribution in [0.3, 0.4) is 0 Å². The summed E-state index contributed by atoms with van der Waals surface area (Å²) in [6.45, 7) is 7.17. The van der Waals surface area contributed by atoms with Gasteiger partial charge in [0.15, 0.2) is 0 Å². The second-order valence-corrected chi connectivity index (χ2v) is 7.25. The summed E-state index contributed by atoms with van der Waals surface area (Å²) in [6, 6.07) is 6.25. The van der Waals surface area contributed by atoms with Crippen molar-refractivity contribution >= 4 is 43.5 Å². The van der Waals surface area contributed by atoms with Gasteiger partial charge in [-0.2, -0.15) is 5.10 Å². The molecule has 21 heavy (non-hydrogen) atoms. The minimum Gasteiger partial charge on any atom is -0.305 e. The van der Waals surface area contributed by atoms with Gasteiger partial charge in [-0.3, -0.25) is 4.68 Å². The number of nitrogens with zero attached hydrogens (tertiary/aromatic N) is 2. The molecule has 0 fully saturated rings. The monoisotopic (exact) mass is 433 g/mol. The number of benzene rings is 1. The van der Waals surface area contributed by atoms with Crippen LogP contribution < -0.4 is 5.32 Å². The minimum atomic E-state index is -0.00475. The summed E-state index contributed by atoms with van der Waals surface area (Å²) in [7, 11) is 0. The third-order valence-electron chi connectivity index (χ3n) is 3.23. The number of hydrogen-bond donors (Lipinski definition) is 1. The van der Waals surface area contributed by atoms with E-state index in [1.165, 1.54) is 0 Å². The molecule has 0 saturated carbocycles. The van der Waals surface area contributed by atoms with Gasteiger partial charge in [-0.15, -0.1) is 0 Å². The fraction of sp³-hybridized carbons (Fsp3) is 0.400. The van der Waals surface area contributed by atoms with Crippen molar-refractivity contribution in [2.75, 3.05) is 6.54 Å². The first-order chi connectivity index (χ1) is 9.95. The Morgan fingerprint density at radius 1 is 1.33 bits per heavy atom. The first-order valence-corrected chi connectivity index (χ1v) is 8.83. The quantitative estimate of drug-likeness (QED) is 0.687. The Balaban J connectivity index is 2.56. The minimum absolute atomic E-state index is 0.00475. The lowest BCUT2D eigenvalue weighted by atomic mass is 10.0. The van der Waals surface area contributed by atoms with E-state index in [0.717, 1.165) is 31.8 Å². The van der Waals surface area contributed by atoms with Crippen molar-refractivity contribution in [2.24, 2.45) is 0 Å². The molecule has 1 atom stereocenters. The fourth-order valence-corrected chi connectivity index (χ4v) is 3.61. The Morgan fingerprint density at radius 3 is 2.62 bits per heavy atom. The van der Waals surface area contributed by atoms with Crippen LogP contribution >= 0.6 is 43.5 Å². The molecule has 1 heterocycles. The lowest BCUT2D eigenvalue weighted by molar-refractivity contribution is 0.475. The van der Waals surface area contributed by atoms with Gasteiger partial charge in [-0.1, -0.05) is 40.5 Å². The fourth-order valence-electron chi connectivity index (χ4n) is 2.33. The summed E-state index contributed by atoms with van der Waals surface area (Å²) < 4.78 is 3.99. The van der Waals surface area contributed by atoms with Crippen LogP contribution in [0.5, 0.6) is 0 Å². The number of nitrogens with one attached hydrogen (secondary N) is 1. The van der Waals surface area contributed by atoms with E-state index in [4.69, 9.17) is 11.6 Å². The topological polar surface area (TPSA) is 29.9 Å². The molecule has 0 bridgehead atoms. The van der Waals surface area contributed by atoms with E-state index >= 15 is 0 Å². The predicted molar refractivity (Wildman–Crippen MR) is 95.0 cm³/mol. The molecule has 0 amide bonds. The van der Waals surface area contributed by atoms with Gasteiger partial charge in [0.25, 0.3) is 0 Å². The zero-order chi connectivity index (χ0) is 15.6. The van der Waals surface area contributed by atoms with E-state index in [9.17, 15) is 0 Å². The second kappa shape index (κ2) is 7.27. The molecule has 6 heteroatoms. The first kappa shape index (κ1) is 17.0. The number of rotatable bonds is 5. The van der Waals surface area contributed by atoms with Crippen LogP contribution in [0.25, 0.3) is 0 Å². The van der Waals surface area contributed by atoms with Gasteiger partial charge in [-0.05, 0) is 54.0 Å². The molecular formula is C15H18Br2ClN3. The number of aromatic nitrogens is 2. The van der Waals surface area contributed by atoms with Gasteiger partial charge in [0.05, 0.1) is 22.4 Å². The molecule has 0 aliphatic rings. The lowest BCUT2D eigenvalue weighted by Gasteiger charge is -2.23. The summed E-state index contributed by atoms with van der Waals surface area (Å²) >= 11 is 13.5. The molecule has 3 nitrogen and oxygen atoms in total. The van der Waals surface area contributed by atoms with E-state index in [-0.39, 0.29) is 12.1 Å². The van der Waals surface area contributed by atoms with Gasteiger partial charge in [0.1, 0.15) is 0 Å². The normalized spacial score (nSPS) is 12.9. The van der Waals surface area contributed by atoms with Crippen molar-refractivity contribution in [1.29, 1.82) is 0 Å². The molecule has 0 spiro atoms. The van der Waals surface area contributed by atoms with Crippen molar-refractivity contribution in [3.8, 4) is 0 Å². The third-order valence-corrected chi connectivity index (χ3v) is 4.66. The van der Waals surface area contributed by atoms with E-state index < -0.39 is 0 Å². The standard InChI is InChI=1S/C15H18Br2ClN3/c1-4-19-14(11-6-5-10(16)7-13(11)18)15-12(17)8-20-21(15)9(2)3/h5-9,14,19H,4H2,1-3H3. The summed E-state index contributed by atoms with van der Waals surface area (Å²) in [5.74, 6) is 0. The van der Waals surface area contributed by atoms with Gasteiger partial charge in [-0.25, -0.2) is 0 Å². The Kier molecular flexibility index (Phi) is 5.88. The molecule has 1 aromatic heterocycles. The van der Waals surface area contributed by atoms with Gasteiger partial charge in [0.2, 0.25) is 0 Å². The molecule has 2 aromatic rings. The Morgan fingerprint density at radius 2 is 2.05 bits per heavy atom. The van der Waals surface area contributed by atoms with Crippen LogP contribution in [-0.4, -0.2) is 16.3 Å². The van der Waals surface area contributed by atoms with Gasteiger partial charge >= 0.3 is 0 Å². The summed E-state index contributed by atoms with van der Waals surface area (Å²) in [4.78, 5) is 0. The molecule has 0 aliphatic heterocycles. The molecule has 1 aromatic carbocycles. The van der Waals surface area contributed by atoms with Crippen LogP contribution in [0.1, 0.15) is 44.1 Å². The lowest BCUT2D eigenvalue weighted by Crippen LogP contribution is -2.26. The SMILES string of the molecule is CCNC(c1ccc(Br)cc1Cl)c1c(Br)cnn1C(C)C. The second-order valence-electron chi connectivity index (χ2n) is 5.07. The molecule has 0 saturated heterocycles. The predicted octanol–water partition coefficient (Wildman–Crippen LogP) is 5.34. The van der Waals surface area contributed by atoms with E-state index in [0.29, 0.717) is 0 Å². The number of hydrogen-bond acceptors (Lipinski definition) is 2. The van der Waals surface area contributed by atoms with E-state index in [1.54, 1.807) is 0 Å². The molecular weight excluding hydrogens is 417 g/mol. The maximum Gasteiger partial charge on any atom is 0.0774 e. The van der Waals surface area contributed by atoms with Crippen molar-refractivity contribution in [3.63, 3.8) is 0 Å². The maximum absolute atomic E-state index is 6.45. The van der Waals surface area contributed by atoms with Crippen LogP contribution in [-0.2, 0) is 0 Å². The highest BCUT2D eigenvalue weighted by atomic mass is 79.9. The highest BCUT2D eigenvalue weighted by Crippen LogP contribution is 2.34. The van der Waals surface area contributed by atoms with Crippen LogP contribution in [0.4, 0.5) is 0 Å². The Bertz CT molecular complexity index is 625. The third kappa shape index (κ3) is 3.70. The summed E-state index contributed by atoms with van der Waals surface area (Å²) in [6.07, 6.45) is 1.84. The molecule has 1 unspecified atom stereocenters. The molecule has 114 valence electrons. The Labute approximate surface area is 147 Å². The van der Waals surface area contributed by atoms with Crippen LogP contribution in [0, 0.1) is 0 Å². The average molecular weight is 436 g/mol. The highest BCUT2D eigenvalue weighted by Gasteiger charge is 2.24. The molecule has 0 radical (unpaired) electrons. The van der Waals surface area contributed by atoms with E-state index in [1.807, 2.05) is 29.1 Å². The average Bonchev–Trinajstić information content (AvgIpc) is 2.79. The first-order valence-electron chi connectivity index (χ1n) is 6.87. The molecule has 0 aliphatic carbocycles. The Hall–Kier alpha value is -0.360. The van der Waals surface area contributed by atoms with Crippen molar-refractivity contribution in [1.82, 2.24) is 15.1 Å². The van der Waals surface area contributed by atoms with Gasteiger partial charge < -0.3 is 5.32 Å². The maximum atomic E-state index is 6.45. The summed E-state index contributed by atoms with van der Waals surface area (Å²) in [5.41, 5.74) is 2.14. The smallest absolute Gasteiger partial charge is 0.0774 e. The molecule has 2 rings (SSSR count). The zero-order valence-corrected chi connectivity index (χ0v) is 16.1. The highest BCUT2D eigenvalue weighted by molar-refractivity contribution is 9.10. The van der Waals surface area contributed by atoms with Crippen LogP contribution in [0.2, 0.25) is 5.02 Å². The van der Waals surface area contributed by atoms with Crippen molar-refractivity contribution < 1.29 is 0 Å². The zero-order valence-electron chi connectivity index (χ0n) is 12.2. The number of halogens is 3. The molecule has 1 N–H and O–H groups in total.